The van der Waals surface area contributed by atoms with Gasteiger partial charge in [0.15, 0.2) is 5.03 Å². The van der Waals surface area contributed by atoms with Crippen LogP contribution in [0.3, 0.4) is 0 Å². The van der Waals surface area contributed by atoms with Crippen LogP contribution in [0, 0.1) is 16.0 Å². The molecule has 1 heterocycles. The maximum Gasteiger partial charge on any atom is 0.237 e. The molecule has 1 fully saturated rings. The fraction of sp³-hybridized carbons (Fsp3) is 0.923. The normalized spacial score (nSPS) is 19.2. The third-order valence-corrected chi connectivity index (χ3v) is 4.39. The molecule has 1 saturated heterocycles. The summed E-state index contributed by atoms with van der Waals surface area (Å²) in [5, 5.41) is 13.7. The number of hydrogen-bond donors (Lipinski definition) is 0. The molecule has 0 aromatic heterocycles. The zero-order valence-corrected chi connectivity index (χ0v) is 14.0. The minimum absolute atomic E-state index is 0.451. The number of ether oxygens (including phenoxy) is 1. The molecule has 1 rings (SSSR count). The van der Waals surface area contributed by atoms with Crippen molar-refractivity contribution in [3.8, 4) is 0 Å². The average molecular weight is 318 g/mol. The zero-order valence-electron chi connectivity index (χ0n) is 13.2. The van der Waals surface area contributed by atoms with E-state index < -0.39 is 5.03 Å². The highest BCUT2D eigenvalue weighted by molar-refractivity contribution is 8.13. The predicted octanol–water partition coefficient (Wildman–Crippen LogP) is 1.58. The lowest BCUT2D eigenvalue weighted by Gasteiger charge is -2.25. The summed E-state index contributed by atoms with van der Waals surface area (Å²) >= 11 is 1.30. The van der Waals surface area contributed by atoms with Gasteiger partial charge in [-0.25, -0.2) is 10.1 Å². The third-order valence-electron chi connectivity index (χ3n) is 3.63. The molecule has 0 amide bonds. The van der Waals surface area contributed by atoms with Crippen molar-refractivity contribution in [3.63, 3.8) is 0 Å². The Morgan fingerprint density at radius 2 is 2.29 bits per heavy atom. The Balaban J connectivity index is 2.30. The molecule has 0 aromatic carbocycles. The summed E-state index contributed by atoms with van der Waals surface area (Å²) in [6, 6.07) is 0. The van der Waals surface area contributed by atoms with E-state index in [1.807, 2.05) is 11.9 Å². The van der Waals surface area contributed by atoms with Crippen LogP contribution in [0.15, 0.2) is 5.10 Å². The lowest BCUT2D eigenvalue weighted by Crippen LogP contribution is -2.33. The Morgan fingerprint density at radius 3 is 2.81 bits per heavy atom. The van der Waals surface area contributed by atoms with Gasteiger partial charge in [0, 0.05) is 26.7 Å². The van der Waals surface area contributed by atoms with Crippen LogP contribution < -0.4 is 0 Å². The Kier molecular flexibility index (Phi) is 8.63. The SMILES string of the molecule is CCN(CCCN(C)C(=N[N+](=O)[O-])SC)CC1CCOC1. The average Bonchev–Trinajstić information content (AvgIpc) is 2.96. The van der Waals surface area contributed by atoms with E-state index in [1.54, 1.807) is 6.26 Å². The summed E-state index contributed by atoms with van der Waals surface area (Å²) in [7, 11) is 1.85. The molecule has 7 nitrogen and oxygen atoms in total. The molecule has 0 aliphatic carbocycles. The van der Waals surface area contributed by atoms with Gasteiger partial charge in [0.25, 0.3) is 0 Å². The molecule has 0 aromatic rings. The first-order valence-electron chi connectivity index (χ1n) is 7.35. The van der Waals surface area contributed by atoms with Crippen LogP contribution >= 0.6 is 11.8 Å². The quantitative estimate of drug-likeness (QED) is 0.293. The second-order valence-electron chi connectivity index (χ2n) is 5.22. The van der Waals surface area contributed by atoms with E-state index in [0.717, 1.165) is 52.2 Å². The van der Waals surface area contributed by atoms with Crippen LogP contribution in [-0.2, 0) is 4.74 Å². The van der Waals surface area contributed by atoms with E-state index in [0.29, 0.717) is 11.1 Å². The van der Waals surface area contributed by atoms with Gasteiger partial charge in [0.2, 0.25) is 5.17 Å². The summed E-state index contributed by atoms with van der Waals surface area (Å²) in [5.74, 6) is 0.653. The molecule has 1 aliphatic heterocycles. The summed E-state index contributed by atoms with van der Waals surface area (Å²) in [5.41, 5.74) is 0. The lowest BCUT2D eigenvalue weighted by atomic mass is 10.1. The molecule has 1 atom stereocenters. The number of hydrazone groups is 1. The summed E-state index contributed by atoms with van der Waals surface area (Å²) < 4.78 is 5.41. The van der Waals surface area contributed by atoms with Gasteiger partial charge in [-0.2, -0.15) is 0 Å². The number of rotatable bonds is 8. The first-order chi connectivity index (χ1) is 10.1. The zero-order chi connectivity index (χ0) is 15.7. The summed E-state index contributed by atoms with van der Waals surface area (Å²) in [4.78, 5) is 14.7. The van der Waals surface area contributed by atoms with E-state index in [9.17, 15) is 10.1 Å². The highest BCUT2D eigenvalue weighted by atomic mass is 32.2. The van der Waals surface area contributed by atoms with Gasteiger partial charge in [0.1, 0.15) is 0 Å². The minimum atomic E-state index is -0.638. The first kappa shape index (κ1) is 18.2. The minimum Gasteiger partial charge on any atom is -0.381 e. The Bertz CT molecular complexity index is 348. The van der Waals surface area contributed by atoms with Crippen LogP contribution in [0.4, 0.5) is 0 Å². The van der Waals surface area contributed by atoms with Gasteiger partial charge in [0.05, 0.1) is 11.7 Å². The fourth-order valence-electron chi connectivity index (χ4n) is 2.44. The standard InChI is InChI=1S/C13H26N4O3S/c1-4-16(10-12-6-9-20-11-12)8-5-7-15(2)13(21-3)14-17(18)19/h12H,4-11H2,1-3H3. The lowest BCUT2D eigenvalue weighted by molar-refractivity contribution is -0.485. The van der Waals surface area contributed by atoms with Crippen molar-refractivity contribution in [2.45, 2.75) is 19.8 Å². The second-order valence-corrected chi connectivity index (χ2v) is 6.00. The monoisotopic (exact) mass is 318 g/mol. The molecular formula is C13H26N4O3S. The molecule has 1 unspecified atom stereocenters. The van der Waals surface area contributed by atoms with Crippen molar-refractivity contribution in [2.75, 3.05) is 52.7 Å². The van der Waals surface area contributed by atoms with Gasteiger partial charge in [-0.05, 0) is 38.1 Å². The van der Waals surface area contributed by atoms with Gasteiger partial charge in [-0.15, -0.1) is 0 Å². The molecular weight excluding hydrogens is 292 g/mol. The third kappa shape index (κ3) is 7.10. The van der Waals surface area contributed by atoms with E-state index in [4.69, 9.17) is 4.74 Å². The van der Waals surface area contributed by atoms with Crippen LogP contribution in [-0.4, -0.2) is 72.7 Å². The molecule has 21 heavy (non-hydrogen) atoms. The van der Waals surface area contributed by atoms with Crippen molar-refractivity contribution in [2.24, 2.45) is 11.0 Å². The van der Waals surface area contributed by atoms with Crippen molar-refractivity contribution >= 4 is 16.9 Å². The summed E-state index contributed by atoms with van der Waals surface area (Å²) in [6.45, 7) is 7.81. The van der Waals surface area contributed by atoms with Crippen molar-refractivity contribution in [1.29, 1.82) is 0 Å². The fourth-order valence-corrected chi connectivity index (χ4v) is 2.99. The van der Waals surface area contributed by atoms with Gasteiger partial charge >= 0.3 is 0 Å². The molecule has 0 bridgehead atoms. The number of thioether (sulfide) groups is 1. The van der Waals surface area contributed by atoms with Crippen LogP contribution in [0.2, 0.25) is 0 Å². The molecule has 8 heteroatoms. The number of nitro groups is 1. The van der Waals surface area contributed by atoms with Crippen molar-refractivity contribution < 1.29 is 9.77 Å². The number of hydrogen-bond acceptors (Lipinski definition) is 5. The molecule has 0 saturated carbocycles. The predicted molar refractivity (Wildman–Crippen MR) is 86.2 cm³/mol. The molecule has 0 N–H and O–H groups in total. The number of amidine groups is 1. The van der Waals surface area contributed by atoms with Crippen LogP contribution in [0.25, 0.3) is 0 Å². The number of nitrogens with zero attached hydrogens (tertiary/aromatic N) is 4. The van der Waals surface area contributed by atoms with Crippen LogP contribution in [0.1, 0.15) is 19.8 Å². The topological polar surface area (TPSA) is 71.2 Å². The van der Waals surface area contributed by atoms with Gasteiger partial charge < -0.3 is 14.5 Å². The van der Waals surface area contributed by atoms with E-state index in [2.05, 4.69) is 16.9 Å². The highest BCUT2D eigenvalue weighted by Gasteiger charge is 2.18. The van der Waals surface area contributed by atoms with Crippen molar-refractivity contribution in [1.82, 2.24) is 9.80 Å². The van der Waals surface area contributed by atoms with E-state index in [1.165, 1.54) is 11.8 Å². The molecule has 0 spiro atoms. The molecule has 122 valence electrons. The van der Waals surface area contributed by atoms with Gasteiger partial charge in [-0.3, -0.25) is 0 Å². The maximum absolute atomic E-state index is 10.5. The molecule has 0 radical (unpaired) electrons. The maximum atomic E-state index is 10.5. The molecule has 1 aliphatic rings. The summed E-state index contributed by atoms with van der Waals surface area (Å²) in [6.07, 6.45) is 3.93. The van der Waals surface area contributed by atoms with Gasteiger partial charge in [-0.1, -0.05) is 18.7 Å². The van der Waals surface area contributed by atoms with Crippen molar-refractivity contribution in [3.05, 3.63) is 10.1 Å². The Hall–Kier alpha value is -0.860. The Morgan fingerprint density at radius 1 is 1.52 bits per heavy atom. The van der Waals surface area contributed by atoms with Crippen LogP contribution in [0.5, 0.6) is 0 Å². The van der Waals surface area contributed by atoms with E-state index in [-0.39, 0.29) is 0 Å². The smallest absolute Gasteiger partial charge is 0.237 e. The first-order valence-corrected chi connectivity index (χ1v) is 8.57. The largest absolute Gasteiger partial charge is 0.381 e. The second kappa shape index (κ2) is 9.97. The highest BCUT2D eigenvalue weighted by Crippen LogP contribution is 2.14. The Labute approximate surface area is 130 Å². The van der Waals surface area contributed by atoms with E-state index >= 15 is 0 Å².